The third kappa shape index (κ3) is 3.35. The quantitative estimate of drug-likeness (QED) is 0.534. The summed E-state index contributed by atoms with van der Waals surface area (Å²) in [4.78, 5) is 13.5. The molecule has 3 heterocycles. The summed E-state index contributed by atoms with van der Waals surface area (Å²) in [5.74, 6) is 0.545. The van der Waals surface area contributed by atoms with Crippen molar-refractivity contribution >= 4 is 5.82 Å². The Labute approximate surface area is 145 Å². The van der Waals surface area contributed by atoms with Crippen molar-refractivity contribution in [2.45, 2.75) is 0 Å². The topological polar surface area (TPSA) is 56.7 Å². The highest BCUT2D eigenvalue weighted by atomic mass is 15.4. The van der Waals surface area contributed by atoms with E-state index in [9.17, 15) is 0 Å². The van der Waals surface area contributed by atoms with Gasteiger partial charge in [-0.2, -0.15) is 10.1 Å². The van der Waals surface area contributed by atoms with Gasteiger partial charge in [-0.05, 0) is 17.7 Å². The number of nitrogens with zero attached hydrogens (tertiary/aromatic N) is 5. The van der Waals surface area contributed by atoms with Gasteiger partial charge in [-0.3, -0.25) is 4.98 Å². The highest BCUT2D eigenvalue weighted by molar-refractivity contribution is 5.74. The normalized spacial score (nSPS) is 10.4. The molecule has 0 bridgehead atoms. The Bertz CT molecular complexity index is 957. The molecule has 0 amide bonds. The van der Waals surface area contributed by atoms with Crippen LogP contribution in [0.1, 0.15) is 0 Å². The summed E-state index contributed by atoms with van der Waals surface area (Å²) in [5.41, 5.74) is 7.96. The van der Waals surface area contributed by atoms with Crippen LogP contribution in [-0.4, -0.2) is 15.0 Å². The fourth-order valence-corrected chi connectivity index (χ4v) is 2.47. The molecule has 0 saturated heterocycles. The Morgan fingerprint density at radius 1 is 0.760 bits per heavy atom. The molecule has 0 aliphatic carbocycles. The van der Waals surface area contributed by atoms with Gasteiger partial charge in [0.1, 0.15) is 0 Å². The highest BCUT2D eigenvalue weighted by Crippen LogP contribution is 2.30. The summed E-state index contributed by atoms with van der Waals surface area (Å²) >= 11 is 0. The van der Waals surface area contributed by atoms with Crippen molar-refractivity contribution in [3.8, 4) is 22.5 Å². The molecule has 5 nitrogen and oxygen atoms in total. The zero-order valence-corrected chi connectivity index (χ0v) is 13.4. The molecular weight excluding hydrogens is 310 g/mol. The Hall–Kier alpha value is -3.60. The first kappa shape index (κ1) is 15.0. The van der Waals surface area contributed by atoms with E-state index in [0.29, 0.717) is 11.5 Å². The molecule has 5 heteroatoms. The second-order valence-electron chi connectivity index (χ2n) is 5.39. The minimum Gasteiger partial charge on any atom is -0.435 e. The molecule has 0 radical (unpaired) electrons. The summed E-state index contributed by atoms with van der Waals surface area (Å²) in [6.45, 7) is 0. The molecule has 4 rings (SSSR count). The van der Waals surface area contributed by atoms with Gasteiger partial charge in [0.25, 0.3) is 0 Å². The molecule has 1 aromatic carbocycles. The number of hydrogen-bond acceptors (Lipinski definition) is 3. The highest BCUT2D eigenvalue weighted by Gasteiger charge is 2.08. The van der Waals surface area contributed by atoms with Gasteiger partial charge in [0, 0.05) is 35.9 Å². The van der Waals surface area contributed by atoms with E-state index in [2.05, 4.69) is 15.4 Å². The molecule has 120 valence electrons. The van der Waals surface area contributed by atoms with Crippen LogP contribution in [-0.2, 0) is 0 Å². The monoisotopic (exact) mass is 325 g/mol. The third-order valence-corrected chi connectivity index (χ3v) is 3.67. The van der Waals surface area contributed by atoms with Gasteiger partial charge in [-0.25, -0.2) is 4.98 Å². The van der Waals surface area contributed by atoms with Gasteiger partial charge in [0.05, 0.1) is 11.4 Å². The van der Waals surface area contributed by atoms with Crippen molar-refractivity contribution in [2.75, 3.05) is 0 Å². The number of benzene rings is 1. The van der Waals surface area contributed by atoms with Crippen molar-refractivity contribution in [1.82, 2.24) is 15.0 Å². The van der Waals surface area contributed by atoms with Gasteiger partial charge in [-0.1, -0.05) is 42.6 Å². The summed E-state index contributed by atoms with van der Waals surface area (Å²) in [5, 5.41) is 0. The zero-order chi connectivity index (χ0) is 16.9. The number of hydrogen-bond donors (Lipinski definition) is 0. The Kier molecular flexibility index (Phi) is 4.12. The van der Waals surface area contributed by atoms with Crippen LogP contribution in [0.4, 0.5) is 5.82 Å². The van der Waals surface area contributed by atoms with E-state index in [0.717, 1.165) is 16.8 Å². The lowest BCUT2D eigenvalue weighted by molar-refractivity contribution is -0.619. The SMILES string of the molecule is c1ccc(-c2cnc([N-][n+]3ccccc3)c(-c3cccnc3)n2)cc1. The van der Waals surface area contributed by atoms with Gasteiger partial charge >= 0.3 is 0 Å². The predicted molar refractivity (Wildman–Crippen MR) is 95.8 cm³/mol. The molecule has 0 aliphatic heterocycles. The molecule has 0 aliphatic rings. The Morgan fingerprint density at radius 2 is 1.52 bits per heavy atom. The molecule has 0 spiro atoms. The average molecular weight is 325 g/mol. The standard InChI is InChI=1S/C20H15N5/c1-3-8-16(9-4-1)18-15-22-20(24-25-12-5-2-6-13-25)19(23-18)17-10-7-11-21-14-17/h1-15H. The van der Waals surface area contributed by atoms with Crippen molar-refractivity contribution < 1.29 is 4.68 Å². The smallest absolute Gasteiger partial charge is 0.182 e. The summed E-state index contributed by atoms with van der Waals surface area (Å²) in [6.07, 6.45) is 8.98. The maximum atomic E-state index is 4.80. The van der Waals surface area contributed by atoms with Gasteiger partial charge in [0.2, 0.25) is 0 Å². The van der Waals surface area contributed by atoms with Crippen LogP contribution in [0.15, 0.2) is 91.6 Å². The first-order chi connectivity index (χ1) is 12.4. The number of aromatic nitrogens is 4. The lowest BCUT2D eigenvalue weighted by atomic mass is 10.1. The zero-order valence-electron chi connectivity index (χ0n) is 13.4. The Balaban J connectivity index is 1.81. The average Bonchev–Trinajstić information content (AvgIpc) is 2.70. The minimum atomic E-state index is 0.545. The van der Waals surface area contributed by atoms with Crippen LogP contribution in [0.2, 0.25) is 0 Å². The van der Waals surface area contributed by atoms with Crippen LogP contribution in [0, 0.1) is 0 Å². The van der Waals surface area contributed by atoms with Crippen LogP contribution in [0.5, 0.6) is 0 Å². The minimum absolute atomic E-state index is 0.545. The van der Waals surface area contributed by atoms with E-state index in [1.807, 2.05) is 73.1 Å². The fourth-order valence-electron chi connectivity index (χ4n) is 2.47. The molecular formula is C20H15N5. The maximum Gasteiger partial charge on any atom is 0.182 e. The van der Waals surface area contributed by atoms with Gasteiger partial charge in [0.15, 0.2) is 12.4 Å². The lowest BCUT2D eigenvalue weighted by Crippen LogP contribution is -2.26. The number of rotatable bonds is 4. The first-order valence-corrected chi connectivity index (χ1v) is 7.91. The van der Waals surface area contributed by atoms with Gasteiger partial charge in [-0.15, -0.1) is 0 Å². The van der Waals surface area contributed by atoms with Gasteiger partial charge < -0.3 is 4.98 Å². The molecule has 0 fully saturated rings. The largest absolute Gasteiger partial charge is 0.435 e. The Morgan fingerprint density at radius 3 is 2.28 bits per heavy atom. The summed E-state index contributed by atoms with van der Waals surface area (Å²) in [6, 6.07) is 19.6. The fraction of sp³-hybridized carbons (Fsp3) is 0. The summed E-state index contributed by atoms with van der Waals surface area (Å²) < 4.78 is 1.71. The van der Waals surface area contributed by atoms with E-state index in [1.54, 1.807) is 23.3 Å². The van der Waals surface area contributed by atoms with E-state index in [1.165, 1.54) is 0 Å². The third-order valence-electron chi connectivity index (χ3n) is 3.67. The molecule has 25 heavy (non-hydrogen) atoms. The molecule has 0 N–H and O–H groups in total. The van der Waals surface area contributed by atoms with Crippen LogP contribution < -0.4 is 4.68 Å². The maximum absolute atomic E-state index is 4.80. The van der Waals surface area contributed by atoms with Crippen LogP contribution >= 0.6 is 0 Å². The predicted octanol–water partition coefficient (Wildman–Crippen LogP) is 3.96. The molecule has 0 unspecified atom stereocenters. The molecule has 3 aromatic heterocycles. The van der Waals surface area contributed by atoms with E-state index in [4.69, 9.17) is 4.98 Å². The van der Waals surface area contributed by atoms with E-state index < -0.39 is 0 Å². The first-order valence-electron chi connectivity index (χ1n) is 7.91. The van der Waals surface area contributed by atoms with Crippen molar-refractivity contribution in [1.29, 1.82) is 0 Å². The lowest BCUT2D eigenvalue weighted by Gasteiger charge is -2.15. The molecule has 0 saturated carbocycles. The van der Waals surface area contributed by atoms with Crippen LogP contribution in [0.25, 0.3) is 27.9 Å². The van der Waals surface area contributed by atoms with E-state index >= 15 is 0 Å². The van der Waals surface area contributed by atoms with Crippen molar-refractivity contribution in [2.24, 2.45) is 0 Å². The molecule has 4 aromatic rings. The second-order valence-corrected chi connectivity index (χ2v) is 5.39. The van der Waals surface area contributed by atoms with Crippen molar-refractivity contribution in [3.05, 3.63) is 97.1 Å². The van der Waals surface area contributed by atoms with Crippen LogP contribution in [0.3, 0.4) is 0 Å². The summed E-state index contributed by atoms with van der Waals surface area (Å²) in [7, 11) is 0. The van der Waals surface area contributed by atoms with Crippen molar-refractivity contribution in [3.63, 3.8) is 0 Å². The second kappa shape index (κ2) is 6.88. The number of pyridine rings is 2. The van der Waals surface area contributed by atoms with E-state index in [-0.39, 0.29) is 0 Å². The molecule has 0 atom stereocenters.